The smallest absolute Gasteiger partial charge is 0.00966 e. The summed E-state index contributed by atoms with van der Waals surface area (Å²) in [5.41, 5.74) is 0.249. The Bertz CT molecular complexity index is 353. The molecule has 1 aromatic rings. The third-order valence-electron chi connectivity index (χ3n) is 3.78. The van der Waals surface area contributed by atoms with Gasteiger partial charge in [-0.05, 0) is 70.5 Å². The normalized spacial score (nSPS) is 21.7. The molecular weight excluding hydrogens is 252 g/mol. The average molecular weight is 280 g/mol. The number of rotatable bonds is 5. The Kier molecular flexibility index (Phi) is 5.43. The maximum Gasteiger partial charge on any atom is 0.00966 e. The van der Waals surface area contributed by atoms with Crippen LogP contribution in [0.3, 0.4) is 0 Å². The number of hydrogen-bond acceptors (Lipinski definition) is 3. The molecule has 3 heteroatoms. The summed E-state index contributed by atoms with van der Waals surface area (Å²) in [7, 11) is 0. The van der Waals surface area contributed by atoms with Crippen molar-refractivity contribution in [2.45, 2.75) is 45.6 Å². The molecule has 0 radical (unpaired) electrons. The maximum atomic E-state index is 3.66. The summed E-state index contributed by atoms with van der Waals surface area (Å²) in [5.74, 6) is 0.830. The molecule has 1 aliphatic heterocycles. The van der Waals surface area contributed by atoms with Gasteiger partial charge < -0.3 is 10.2 Å². The van der Waals surface area contributed by atoms with Crippen LogP contribution >= 0.6 is 11.3 Å². The molecule has 0 aromatic carbocycles. The quantitative estimate of drug-likeness (QED) is 0.889. The fourth-order valence-corrected chi connectivity index (χ4v) is 3.39. The predicted molar refractivity (Wildman–Crippen MR) is 84.9 cm³/mol. The van der Waals surface area contributed by atoms with Gasteiger partial charge in [-0.1, -0.05) is 6.07 Å². The van der Waals surface area contributed by atoms with Crippen LogP contribution in [0.15, 0.2) is 17.5 Å². The number of nitrogens with one attached hydrogen (secondary N) is 1. The zero-order valence-corrected chi connectivity index (χ0v) is 13.4. The van der Waals surface area contributed by atoms with Gasteiger partial charge in [-0.25, -0.2) is 0 Å². The van der Waals surface area contributed by atoms with E-state index in [1.54, 1.807) is 0 Å². The van der Waals surface area contributed by atoms with E-state index in [-0.39, 0.29) is 5.54 Å². The van der Waals surface area contributed by atoms with E-state index in [9.17, 15) is 0 Å². The van der Waals surface area contributed by atoms with E-state index in [2.05, 4.69) is 48.5 Å². The van der Waals surface area contributed by atoms with Crippen molar-refractivity contribution in [2.24, 2.45) is 5.92 Å². The summed E-state index contributed by atoms with van der Waals surface area (Å²) in [6.07, 6.45) is 3.97. The van der Waals surface area contributed by atoms with E-state index >= 15 is 0 Å². The van der Waals surface area contributed by atoms with Crippen molar-refractivity contribution in [1.82, 2.24) is 10.2 Å². The Balaban J connectivity index is 1.71. The second kappa shape index (κ2) is 6.87. The Morgan fingerprint density at radius 1 is 1.42 bits per heavy atom. The highest BCUT2D eigenvalue weighted by Crippen LogP contribution is 2.18. The van der Waals surface area contributed by atoms with Crippen LogP contribution in [0.5, 0.6) is 0 Å². The molecule has 0 spiro atoms. The van der Waals surface area contributed by atoms with Crippen molar-refractivity contribution in [3.63, 3.8) is 0 Å². The van der Waals surface area contributed by atoms with Gasteiger partial charge in [-0.2, -0.15) is 0 Å². The summed E-state index contributed by atoms with van der Waals surface area (Å²) in [6.45, 7) is 11.7. The van der Waals surface area contributed by atoms with Gasteiger partial charge in [0.05, 0.1) is 0 Å². The molecule has 2 rings (SSSR count). The lowest BCUT2D eigenvalue weighted by Gasteiger charge is -2.34. The molecule has 1 saturated heterocycles. The Labute approximate surface area is 122 Å². The third-order valence-corrected chi connectivity index (χ3v) is 4.71. The molecule has 1 N–H and O–H groups in total. The van der Waals surface area contributed by atoms with Crippen LogP contribution in [0.2, 0.25) is 0 Å². The lowest BCUT2D eigenvalue weighted by molar-refractivity contribution is 0.168. The van der Waals surface area contributed by atoms with Crippen molar-refractivity contribution in [3.8, 4) is 0 Å². The van der Waals surface area contributed by atoms with Gasteiger partial charge in [0, 0.05) is 23.5 Å². The van der Waals surface area contributed by atoms with Gasteiger partial charge in [0.1, 0.15) is 0 Å². The summed E-state index contributed by atoms with van der Waals surface area (Å²) in [6, 6.07) is 4.42. The van der Waals surface area contributed by atoms with Crippen LogP contribution in [-0.4, -0.2) is 36.6 Å². The molecule has 0 bridgehead atoms. The molecule has 2 nitrogen and oxygen atoms in total. The number of likely N-dealkylation sites (tertiary alicyclic amines) is 1. The SMILES string of the molecule is CC(C)(C)NCC1CCCN(CCc2cccs2)C1. The van der Waals surface area contributed by atoms with Gasteiger partial charge in [-0.15, -0.1) is 11.3 Å². The van der Waals surface area contributed by atoms with Gasteiger partial charge in [0.15, 0.2) is 0 Å². The first kappa shape index (κ1) is 15.0. The molecule has 1 aliphatic rings. The van der Waals surface area contributed by atoms with Crippen molar-refractivity contribution in [2.75, 3.05) is 26.2 Å². The van der Waals surface area contributed by atoms with Crippen LogP contribution in [-0.2, 0) is 6.42 Å². The standard InChI is InChI=1S/C16H28N2S/c1-16(2,3)17-12-14-6-4-9-18(13-14)10-8-15-7-5-11-19-15/h5,7,11,14,17H,4,6,8-10,12-13H2,1-3H3. The van der Waals surface area contributed by atoms with Crippen LogP contribution in [0.4, 0.5) is 0 Å². The van der Waals surface area contributed by atoms with Crippen molar-refractivity contribution in [1.29, 1.82) is 0 Å². The highest BCUT2D eigenvalue weighted by Gasteiger charge is 2.21. The first-order valence-corrected chi connectivity index (χ1v) is 8.41. The van der Waals surface area contributed by atoms with Gasteiger partial charge in [0.25, 0.3) is 0 Å². The maximum absolute atomic E-state index is 3.66. The van der Waals surface area contributed by atoms with Crippen molar-refractivity contribution in [3.05, 3.63) is 22.4 Å². The molecule has 1 fully saturated rings. The lowest BCUT2D eigenvalue weighted by atomic mass is 9.96. The first-order chi connectivity index (χ1) is 9.03. The molecule has 0 amide bonds. The summed E-state index contributed by atoms with van der Waals surface area (Å²) >= 11 is 1.89. The summed E-state index contributed by atoms with van der Waals surface area (Å²) in [4.78, 5) is 4.17. The van der Waals surface area contributed by atoms with E-state index in [0.717, 1.165) is 5.92 Å². The van der Waals surface area contributed by atoms with Crippen LogP contribution < -0.4 is 5.32 Å². The van der Waals surface area contributed by atoms with Crippen molar-refractivity contribution < 1.29 is 0 Å². The topological polar surface area (TPSA) is 15.3 Å². The zero-order valence-electron chi connectivity index (χ0n) is 12.6. The van der Waals surface area contributed by atoms with E-state index in [4.69, 9.17) is 0 Å². The Morgan fingerprint density at radius 2 is 2.26 bits per heavy atom. The van der Waals surface area contributed by atoms with Crippen LogP contribution in [0.1, 0.15) is 38.5 Å². The van der Waals surface area contributed by atoms with Gasteiger partial charge in [0.2, 0.25) is 0 Å². The van der Waals surface area contributed by atoms with E-state index < -0.39 is 0 Å². The van der Waals surface area contributed by atoms with E-state index in [1.165, 1.54) is 50.3 Å². The molecule has 1 unspecified atom stereocenters. The van der Waals surface area contributed by atoms with Crippen LogP contribution in [0.25, 0.3) is 0 Å². The zero-order chi connectivity index (χ0) is 13.7. The molecule has 108 valence electrons. The Hall–Kier alpha value is -0.380. The third kappa shape index (κ3) is 5.64. The summed E-state index contributed by atoms with van der Waals surface area (Å²) in [5, 5.41) is 5.84. The molecule has 19 heavy (non-hydrogen) atoms. The molecular formula is C16H28N2S. The predicted octanol–water partition coefficient (Wildman–Crippen LogP) is 3.39. The molecule has 0 saturated carbocycles. The molecule has 0 aliphatic carbocycles. The first-order valence-electron chi connectivity index (χ1n) is 7.53. The minimum Gasteiger partial charge on any atom is -0.312 e. The number of hydrogen-bond donors (Lipinski definition) is 1. The van der Waals surface area contributed by atoms with Crippen molar-refractivity contribution >= 4 is 11.3 Å². The monoisotopic (exact) mass is 280 g/mol. The summed E-state index contributed by atoms with van der Waals surface area (Å²) < 4.78 is 0. The number of piperidine rings is 1. The largest absolute Gasteiger partial charge is 0.312 e. The van der Waals surface area contributed by atoms with Gasteiger partial charge in [-0.3, -0.25) is 0 Å². The second-order valence-electron chi connectivity index (χ2n) is 6.77. The molecule has 2 heterocycles. The average Bonchev–Trinajstić information content (AvgIpc) is 2.87. The van der Waals surface area contributed by atoms with Gasteiger partial charge >= 0.3 is 0 Å². The molecule has 1 aromatic heterocycles. The minimum atomic E-state index is 0.249. The fraction of sp³-hybridized carbons (Fsp3) is 0.750. The van der Waals surface area contributed by atoms with E-state index in [0.29, 0.717) is 0 Å². The highest BCUT2D eigenvalue weighted by atomic mass is 32.1. The van der Waals surface area contributed by atoms with Crippen LogP contribution in [0, 0.1) is 5.92 Å². The molecule has 1 atom stereocenters. The number of thiophene rings is 1. The van der Waals surface area contributed by atoms with E-state index in [1.807, 2.05) is 11.3 Å². The Morgan fingerprint density at radius 3 is 2.95 bits per heavy atom. The second-order valence-corrected chi connectivity index (χ2v) is 7.80. The lowest BCUT2D eigenvalue weighted by Crippen LogP contribution is -2.45. The minimum absolute atomic E-state index is 0.249. The highest BCUT2D eigenvalue weighted by molar-refractivity contribution is 7.09. The fourth-order valence-electron chi connectivity index (χ4n) is 2.69. The number of nitrogens with zero attached hydrogens (tertiary/aromatic N) is 1.